The fraction of sp³-hybridized carbons (Fsp3) is 0.107. The summed E-state index contributed by atoms with van der Waals surface area (Å²) in [5.41, 5.74) is 6.05. The van der Waals surface area contributed by atoms with Crippen LogP contribution in [0.4, 0.5) is 17.1 Å². The second kappa shape index (κ2) is 12.0. The van der Waals surface area contributed by atoms with Crippen molar-refractivity contribution in [2.75, 3.05) is 10.6 Å². The van der Waals surface area contributed by atoms with Gasteiger partial charge in [-0.05, 0) is 85.9 Å². The number of allylic oxidation sites excluding steroid dienone is 8. The summed E-state index contributed by atoms with van der Waals surface area (Å²) >= 11 is 0. The molecule has 0 radical (unpaired) electrons. The zero-order valence-corrected chi connectivity index (χ0v) is 19.0. The van der Waals surface area contributed by atoms with Gasteiger partial charge in [-0.15, -0.1) is 0 Å². The van der Waals surface area contributed by atoms with E-state index in [0.717, 1.165) is 39.9 Å². The number of amides is 1. The fourth-order valence-corrected chi connectivity index (χ4v) is 2.92. The number of nitrogens with zero attached hydrogens (tertiary/aromatic N) is 2. The van der Waals surface area contributed by atoms with E-state index >= 15 is 0 Å². The third kappa shape index (κ3) is 7.74. The standard InChI is InChI=1S/C28H28N4O/c1-4-22(30-23-9-7-6-8-10-23)12-11-21(3)29-24-13-15-25(16-14-24)31-26-17-19-27(20-18-26)32-28(33)5-2/h4,6-20,30H,1,5H2,2-3H3,(H,32,33)/b21-11+,22-12+,29-24?,31-25?. The van der Waals surface area contributed by atoms with E-state index in [4.69, 9.17) is 0 Å². The van der Waals surface area contributed by atoms with Crippen LogP contribution in [0.25, 0.3) is 0 Å². The number of nitrogens with one attached hydrogen (secondary N) is 2. The highest BCUT2D eigenvalue weighted by molar-refractivity contribution is 6.19. The minimum Gasteiger partial charge on any atom is -0.356 e. The van der Waals surface area contributed by atoms with E-state index < -0.39 is 0 Å². The average Bonchev–Trinajstić information content (AvgIpc) is 2.84. The molecule has 0 saturated carbocycles. The number of aliphatic imine (C=N–C) groups is 2. The zero-order chi connectivity index (χ0) is 23.5. The van der Waals surface area contributed by atoms with Crippen LogP contribution < -0.4 is 10.6 Å². The van der Waals surface area contributed by atoms with E-state index in [0.29, 0.717) is 6.42 Å². The number of carbonyl (C=O) groups excluding carboxylic acids is 1. The highest BCUT2D eigenvalue weighted by Crippen LogP contribution is 2.18. The molecule has 5 heteroatoms. The molecule has 166 valence electrons. The predicted octanol–water partition coefficient (Wildman–Crippen LogP) is 6.76. The van der Waals surface area contributed by atoms with Crippen LogP contribution in [0.15, 0.2) is 125 Å². The number of carbonyl (C=O) groups is 1. The topological polar surface area (TPSA) is 65.8 Å². The summed E-state index contributed by atoms with van der Waals surface area (Å²) in [6.45, 7) is 7.64. The van der Waals surface area contributed by atoms with Gasteiger partial charge in [-0.3, -0.25) is 9.79 Å². The molecule has 0 fully saturated rings. The molecule has 5 nitrogen and oxygen atoms in total. The fourth-order valence-electron chi connectivity index (χ4n) is 2.92. The molecule has 0 saturated heterocycles. The third-order valence-electron chi connectivity index (χ3n) is 4.67. The van der Waals surface area contributed by atoms with Gasteiger partial charge < -0.3 is 10.6 Å². The molecular weight excluding hydrogens is 408 g/mol. The van der Waals surface area contributed by atoms with Crippen molar-refractivity contribution in [3.63, 3.8) is 0 Å². The molecule has 0 spiro atoms. The molecule has 33 heavy (non-hydrogen) atoms. The Morgan fingerprint density at radius 2 is 1.52 bits per heavy atom. The van der Waals surface area contributed by atoms with Crippen molar-refractivity contribution in [3.05, 3.63) is 115 Å². The Labute approximate surface area is 195 Å². The molecule has 1 aliphatic rings. The summed E-state index contributed by atoms with van der Waals surface area (Å²) in [4.78, 5) is 20.7. The van der Waals surface area contributed by atoms with E-state index in [1.807, 2.05) is 105 Å². The Balaban J connectivity index is 1.62. The Morgan fingerprint density at radius 3 is 2.15 bits per heavy atom. The first-order valence-corrected chi connectivity index (χ1v) is 10.8. The first-order chi connectivity index (χ1) is 16.1. The summed E-state index contributed by atoms with van der Waals surface area (Å²) in [5, 5.41) is 6.15. The number of benzene rings is 2. The minimum atomic E-state index is -0.00738. The van der Waals surface area contributed by atoms with Crippen molar-refractivity contribution < 1.29 is 4.79 Å². The highest BCUT2D eigenvalue weighted by atomic mass is 16.1. The van der Waals surface area contributed by atoms with Gasteiger partial charge in [0, 0.05) is 29.2 Å². The van der Waals surface area contributed by atoms with Gasteiger partial charge in [-0.25, -0.2) is 4.99 Å². The van der Waals surface area contributed by atoms with Crippen molar-refractivity contribution >= 4 is 34.4 Å². The predicted molar refractivity (Wildman–Crippen MR) is 140 cm³/mol. The van der Waals surface area contributed by atoms with E-state index in [2.05, 4.69) is 27.2 Å². The number of rotatable bonds is 8. The van der Waals surface area contributed by atoms with Crippen LogP contribution in [0.1, 0.15) is 20.3 Å². The lowest BCUT2D eigenvalue weighted by molar-refractivity contribution is -0.115. The van der Waals surface area contributed by atoms with Crippen molar-refractivity contribution in [2.24, 2.45) is 9.98 Å². The van der Waals surface area contributed by atoms with E-state index in [1.165, 1.54) is 0 Å². The lowest BCUT2D eigenvalue weighted by Gasteiger charge is -2.06. The van der Waals surface area contributed by atoms with Crippen molar-refractivity contribution in [2.45, 2.75) is 20.3 Å². The molecule has 0 unspecified atom stereocenters. The first-order valence-electron chi connectivity index (χ1n) is 10.8. The second-order valence-electron chi connectivity index (χ2n) is 7.31. The number of para-hydroxylation sites is 1. The molecular formula is C28H28N4O. The molecule has 0 aromatic heterocycles. The summed E-state index contributed by atoms with van der Waals surface area (Å²) in [6, 6.07) is 17.4. The Morgan fingerprint density at radius 1 is 0.879 bits per heavy atom. The van der Waals surface area contributed by atoms with Gasteiger partial charge in [-0.1, -0.05) is 31.7 Å². The number of anilines is 2. The maximum atomic E-state index is 11.5. The van der Waals surface area contributed by atoms with Crippen LogP contribution in [0.5, 0.6) is 0 Å². The van der Waals surface area contributed by atoms with Gasteiger partial charge in [-0.2, -0.15) is 0 Å². The molecule has 2 aromatic carbocycles. The SMILES string of the molecule is C=C/C(=C\C=C(/C)N=C1C=CC(=Nc2ccc(NC(=O)CC)cc2)C=C1)Nc1ccccc1. The second-order valence-corrected chi connectivity index (χ2v) is 7.31. The highest BCUT2D eigenvalue weighted by Gasteiger charge is 2.02. The average molecular weight is 437 g/mol. The Kier molecular flexibility index (Phi) is 8.48. The molecule has 1 amide bonds. The van der Waals surface area contributed by atoms with Crippen LogP contribution >= 0.6 is 0 Å². The van der Waals surface area contributed by atoms with Crippen LogP contribution in [-0.2, 0) is 4.79 Å². The lowest BCUT2D eigenvalue weighted by Crippen LogP contribution is -2.08. The molecule has 3 rings (SSSR count). The number of hydrogen-bond donors (Lipinski definition) is 2. The Hall–Kier alpha value is -4.25. The van der Waals surface area contributed by atoms with Crippen molar-refractivity contribution in [3.8, 4) is 0 Å². The van der Waals surface area contributed by atoms with E-state index in [1.54, 1.807) is 6.08 Å². The monoisotopic (exact) mass is 436 g/mol. The largest absolute Gasteiger partial charge is 0.356 e. The molecule has 2 aromatic rings. The van der Waals surface area contributed by atoms with E-state index in [9.17, 15) is 4.79 Å². The smallest absolute Gasteiger partial charge is 0.224 e. The van der Waals surface area contributed by atoms with Gasteiger partial charge >= 0.3 is 0 Å². The van der Waals surface area contributed by atoms with E-state index in [-0.39, 0.29) is 5.91 Å². The van der Waals surface area contributed by atoms with Crippen LogP contribution in [0.3, 0.4) is 0 Å². The lowest BCUT2D eigenvalue weighted by atomic mass is 10.1. The molecule has 0 aliphatic heterocycles. The maximum absolute atomic E-state index is 11.5. The summed E-state index contributed by atoms with van der Waals surface area (Å²) in [7, 11) is 0. The van der Waals surface area contributed by atoms with Crippen molar-refractivity contribution in [1.82, 2.24) is 0 Å². The first kappa shape index (κ1) is 23.4. The molecule has 0 bridgehead atoms. The minimum absolute atomic E-state index is 0.00738. The van der Waals surface area contributed by atoms with Gasteiger partial charge in [0.25, 0.3) is 0 Å². The van der Waals surface area contributed by atoms with Gasteiger partial charge in [0.05, 0.1) is 17.1 Å². The molecule has 0 heterocycles. The summed E-state index contributed by atoms with van der Waals surface area (Å²) in [5.74, 6) is -0.00738. The molecule has 0 atom stereocenters. The molecule has 1 aliphatic carbocycles. The summed E-state index contributed by atoms with van der Waals surface area (Å²) < 4.78 is 0. The van der Waals surface area contributed by atoms with Crippen LogP contribution in [0.2, 0.25) is 0 Å². The number of hydrogen-bond acceptors (Lipinski definition) is 4. The third-order valence-corrected chi connectivity index (χ3v) is 4.67. The normalized spacial score (nSPS) is 13.5. The zero-order valence-electron chi connectivity index (χ0n) is 19.0. The molecule has 2 N–H and O–H groups in total. The van der Waals surface area contributed by atoms with Crippen LogP contribution in [0, 0.1) is 0 Å². The van der Waals surface area contributed by atoms with Gasteiger partial charge in [0.15, 0.2) is 0 Å². The quantitative estimate of drug-likeness (QED) is 0.355. The maximum Gasteiger partial charge on any atom is 0.224 e. The Bertz CT molecular complexity index is 1150. The van der Waals surface area contributed by atoms with Gasteiger partial charge in [0.2, 0.25) is 5.91 Å². The van der Waals surface area contributed by atoms with Crippen LogP contribution in [-0.4, -0.2) is 17.3 Å². The van der Waals surface area contributed by atoms with Gasteiger partial charge in [0.1, 0.15) is 0 Å². The van der Waals surface area contributed by atoms with Crippen molar-refractivity contribution in [1.29, 1.82) is 0 Å². The summed E-state index contributed by atoms with van der Waals surface area (Å²) in [6.07, 6.45) is 13.9.